The van der Waals surface area contributed by atoms with Gasteiger partial charge >= 0.3 is 0 Å². The largest absolute Gasteiger partial charge is 0.481 e. The first kappa shape index (κ1) is 15.2. The number of hydrogen-bond donors (Lipinski definition) is 0. The van der Waals surface area contributed by atoms with Crippen molar-refractivity contribution in [3.05, 3.63) is 11.6 Å². The number of nitriles is 2. The Kier molecular flexibility index (Phi) is 2.78. The molecule has 0 spiro atoms. The summed E-state index contributed by atoms with van der Waals surface area (Å²) in [7, 11) is 0. The molecule has 3 aliphatic heterocycles. The van der Waals surface area contributed by atoms with E-state index in [0.29, 0.717) is 30.6 Å². The maximum atomic E-state index is 10.1. The molecule has 124 valence electrons. The maximum Gasteiger partial charge on any atom is 0.206 e. The molecule has 3 heterocycles. The van der Waals surface area contributed by atoms with Gasteiger partial charge < -0.3 is 9.47 Å². The molecule has 1 saturated carbocycles. The van der Waals surface area contributed by atoms with E-state index >= 15 is 0 Å². The summed E-state index contributed by atoms with van der Waals surface area (Å²) in [5.41, 5.74) is -1.50. The van der Waals surface area contributed by atoms with Crippen molar-refractivity contribution >= 4 is 11.8 Å². The molecule has 0 aromatic rings. The summed E-state index contributed by atoms with van der Waals surface area (Å²) in [6.07, 6.45) is 1.92. The molecule has 0 amide bonds. The van der Waals surface area contributed by atoms with E-state index in [1.165, 1.54) is 0 Å². The third-order valence-corrected chi connectivity index (χ3v) is 6.24. The van der Waals surface area contributed by atoms with Crippen LogP contribution >= 0.6 is 0 Å². The van der Waals surface area contributed by atoms with Gasteiger partial charge in [0, 0.05) is 11.8 Å². The molecular formula is C18H20N4O2. The van der Waals surface area contributed by atoms with Crippen LogP contribution in [0.2, 0.25) is 0 Å². The highest BCUT2D eigenvalue weighted by atomic mass is 16.5. The molecule has 24 heavy (non-hydrogen) atoms. The zero-order valence-corrected chi connectivity index (χ0v) is 14.3. The van der Waals surface area contributed by atoms with Gasteiger partial charge in [0.2, 0.25) is 5.90 Å². The van der Waals surface area contributed by atoms with Crippen molar-refractivity contribution in [3.63, 3.8) is 0 Å². The predicted octanol–water partition coefficient (Wildman–Crippen LogP) is 2.24. The molecule has 2 aliphatic carbocycles. The number of aliphatic imine (C=N–C) groups is 2. The van der Waals surface area contributed by atoms with Crippen LogP contribution in [-0.4, -0.2) is 36.1 Å². The summed E-state index contributed by atoms with van der Waals surface area (Å²) >= 11 is 0. The lowest BCUT2D eigenvalue weighted by molar-refractivity contribution is -0.0506. The van der Waals surface area contributed by atoms with Crippen molar-refractivity contribution in [1.29, 1.82) is 10.5 Å². The second-order valence-electron chi connectivity index (χ2n) is 7.21. The average molecular weight is 324 g/mol. The van der Waals surface area contributed by atoms with Crippen LogP contribution in [0.1, 0.15) is 27.7 Å². The van der Waals surface area contributed by atoms with Gasteiger partial charge in [-0.1, -0.05) is 6.08 Å². The predicted molar refractivity (Wildman–Crippen MR) is 87.1 cm³/mol. The second-order valence-corrected chi connectivity index (χ2v) is 7.21. The maximum absolute atomic E-state index is 10.1. The SMILES string of the molecule is CCOC1=N[C@@]2(C)[C@H]3[C@@H]1[C@]1(C)N=C(OCC)[C@@]3(C#N)[C@H]2C=C1C#N. The van der Waals surface area contributed by atoms with E-state index < -0.39 is 16.5 Å². The normalized spacial score (nSPS) is 46.6. The molecular weight excluding hydrogens is 304 g/mol. The number of rotatable bonds is 2. The van der Waals surface area contributed by atoms with Crippen LogP contribution in [0.5, 0.6) is 0 Å². The summed E-state index contributed by atoms with van der Waals surface area (Å²) in [6.45, 7) is 8.75. The fourth-order valence-corrected chi connectivity index (χ4v) is 5.36. The van der Waals surface area contributed by atoms with Crippen LogP contribution < -0.4 is 0 Å². The van der Waals surface area contributed by atoms with Crippen LogP contribution in [0.15, 0.2) is 21.6 Å². The molecule has 4 bridgehead atoms. The Hall–Kier alpha value is -2.34. The van der Waals surface area contributed by atoms with E-state index in [2.05, 4.69) is 19.1 Å². The lowest BCUT2D eigenvalue weighted by atomic mass is 9.41. The molecule has 6 atom stereocenters. The fourth-order valence-electron chi connectivity index (χ4n) is 5.36. The monoisotopic (exact) mass is 324 g/mol. The van der Waals surface area contributed by atoms with Gasteiger partial charge in [-0.05, 0) is 27.7 Å². The molecule has 0 unspecified atom stereocenters. The van der Waals surface area contributed by atoms with Crippen molar-refractivity contribution in [2.75, 3.05) is 13.2 Å². The lowest BCUT2D eigenvalue weighted by Crippen LogP contribution is -2.72. The summed E-state index contributed by atoms with van der Waals surface area (Å²) in [4.78, 5) is 9.67. The molecule has 1 fully saturated rings. The Bertz CT molecular complexity index is 801. The van der Waals surface area contributed by atoms with Gasteiger partial charge in [0.05, 0.1) is 42.4 Å². The van der Waals surface area contributed by atoms with Gasteiger partial charge in [0.1, 0.15) is 11.0 Å². The van der Waals surface area contributed by atoms with Crippen LogP contribution in [0.4, 0.5) is 0 Å². The van der Waals surface area contributed by atoms with E-state index in [9.17, 15) is 10.5 Å². The molecule has 5 rings (SSSR count). The minimum atomic E-state index is -0.851. The number of ether oxygens (including phenoxy) is 2. The third kappa shape index (κ3) is 1.30. The van der Waals surface area contributed by atoms with E-state index in [1.54, 1.807) is 0 Å². The Morgan fingerprint density at radius 2 is 1.88 bits per heavy atom. The van der Waals surface area contributed by atoms with Crippen LogP contribution in [0, 0.1) is 45.8 Å². The minimum absolute atomic E-state index is 0.0762. The first-order chi connectivity index (χ1) is 11.4. The topological polar surface area (TPSA) is 90.8 Å². The molecule has 0 aromatic carbocycles. The Labute approximate surface area is 141 Å². The summed E-state index contributed by atoms with van der Waals surface area (Å²) in [5.74, 6) is 0.608. The van der Waals surface area contributed by atoms with Gasteiger partial charge in [0.25, 0.3) is 0 Å². The van der Waals surface area contributed by atoms with Crippen molar-refractivity contribution < 1.29 is 9.47 Å². The van der Waals surface area contributed by atoms with E-state index in [1.807, 2.05) is 26.8 Å². The Balaban J connectivity index is 2.01. The summed E-state index contributed by atoms with van der Waals surface area (Å²) < 4.78 is 11.6. The van der Waals surface area contributed by atoms with Gasteiger partial charge in [-0.3, -0.25) is 0 Å². The average Bonchev–Trinajstić information content (AvgIpc) is 2.67. The van der Waals surface area contributed by atoms with E-state index in [4.69, 9.17) is 19.5 Å². The zero-order valence-electron chi connectivity index (χ0n) is 14.3. The smallest absolute Gasteiger partial charge is 0.206 e. The fraction of sp³-hybridized carbons (Fsp3) is 0.667. The first-order valence-corrected chi connectivity index (χ1v) is 8.43. The van der Waals surface area contributed by atoms with Crippen molar-refractivity contribution in [3.8, 4) is 12.1 Å². The summed E-state index contributed by atoms with van der Waals surface area (Å²) in [5, 5.41) is 19.9. The van der Waals surface area contributed by atoms with Gasteiger partial charge in [-0.2, -0.15) is 10.5 Å². The van der Waals surface area contributed by atoms with Crippen molar-refractivity contribution in [2.45, 2.75) is 38.8 Å². The minimum Gasteiger partial charge on any atom is -0.481 e. The highest BCUT2D eigenvalue weighted by Gasteiger charge is 2.83. The quantitative estimate of drug-likeness (QED) is 0.779. The van der Waals surface area contributed by atoms with Gasteiger partial charge in [-0.25, -0.2) is 9.98 Å². The highest BCUT2D eigenvalue weighted by Crippen LogP contribution is 2.73. The lowest BCUT2D eigenvalue weighted by Gasteiger charge is -2.61. The molecule has 0 radical (unpaired) electrons. The standard InChI is InChI=1S/C18H20N4O2/c1-5-23-14-12-13-17(4,21-14)11-7-10(8-19)16(12,3)22-15(24-6-2)18(11,13)9-20/h7,11-13H,5-6H2,1-4H3/t11-,12-,13+,16+,17+,18-/m0/s1. The molecule has 5 aliphatic rings. The second kappa shape index (κ2) is 4.39. The van der Waals surface area contributed by atoms with Crippen LogP contribution in [-0.2, 0) is 9.47 Å². The summed E-state index contributed by atoms with van der Waals surface area (Å²) in [6, 6.07) is 4.81. The molecule has 0 N–H and O–H groups in total. The van der Waals surface area contributed by atoms with Crippen LogP contribution in [0.25, 0.3) is 0 Å². The van der Waals surface area contributed by atoms with Crippen LogP contribution in [0.3, 0.4) is 0 Å². The van der Waals surface area contributed by atoms with Gasteiger partial charge in [0.15, 0.2) is 5.90 Å². The molecule has 0 saturated heterocycles. The van der Waals surface area contributed by atoms with E-state index in [-0.39, 0.29) is 17.8 Å². The number of nitrogens with zero attached hydrogens (tertiary/aromatic N) is 4. The zero-order chi connectivity index (χ0) is 17.3. The molecule has 0 aromatic heterocycles. The molecule has 6 nitrogen and oxygen atoms in total. The van der Waals surface area contributed by atoms with Crippen molar-refractivity contribution in [2.24, 2.45) is 33.2 Å². The van der Waals surface area contributed by atoms with Crippen molar-refractivity contribution in [1.82, 2.24) is 0 Å². The van der Waals surface area contributed by atoms with E-state index in [0.717, 1.165) is 0 Å². The third-order valence-electron chi connectivity index (χ3n) is 6.24. The number of hydrogen-bond acceptors (Lipinski definition) is 6. The molecule has 6 heteroatoms. The Morgan fingerprint density at radius 3 is 2.46 bits per heavy atom. The first-order valence-electron chi connectivity index (χ1n) is 8.43. The highest BCUT2D eigenvalue weighted by molar-refractivity contribution is 5.98. The Morgan fingerprint density at radius 1 is 1.17 bits per heavy atom. The van der Waals surface area contributed by atoms with Gasteiger partial charge in [-0.15, -0.1) is 0 Å².